The molecule has 0 bridgehead atoms. The summed E-state index contributed by atoms with van der Waals surface area (Å²) in [6.45, 7) is 10.7. The second-order valence-electron chi connectivity index (χ2n) is 5.43. The van der Waals surface area contributed by atoms with E-state index in [1.807, 2.05) is 0 Å². The van der Waals surface area contributed by atoms with E-state index in [0.717, 1.165) is 5.56 Å². The molecule has 1 aromatic rings. The number of rotatable bonds is 2. The molecule has 1 aromatic carbocycles. The van der Waals surface area contributed by atoms with Gasteiger partial charge in [-0.25, -0.2) is 0 Å². The molecule has 18 heavy (non-hydrogen) atoms. The van der Waals surface area contributed by atoms with E-state index in [1.54, 1.807) is 12.1 Å². The summed E-state index contributed by atoms with van der Waals surface area (Å²) in [5.41, 5.74) is 4.06. The lowest BCUT2D eigenvalue weighted by molar-refractivity contribution is 0.581. The van der Waals surface area contributed by atoms with Crippen LogP contribution in [0.2, 0.25) is 42.8 Å². The Labute approximate surface area is 122 Å². The van der Waals surface area contributed by atoms with E-state index >= 15 is 0 Å². The number of hydrogen-bond acceptors (Lipinski definition) is 1. The minimum Gasteiger partial charge on any atom is -0.546 e. The van der Waals surface area contributed by atoms with Crippen molar-refractivity contribution in [3.05, 3.63) is 27.7 Å². The fraction of sp³-hybridized carbons (Fsp3) is 0.385. The third kappa shape index (κ3) is 5.07. The molecule has 0 radical (unpaired) electrons. The van der Waals surface area contributed by atoms with E-state index in [-0.39, 0.29) is 0 Å². The van der Waals surface area contributed by atoms with Crippen LogP contribution in [-0.2, 0) is 0 Å². The normalized spacial score (nSPS) is 11.1. The Morgan fingerprint density at radius 1 is 1.11 bits per heavy atom. The maximum Gasteiger partial charge on any atom is 0.229 e. The Morgan fingerprint density at radius 3 is 2.22 bits per heavy atom. The lowest BCUT2D eigenvalue weighted by Gasteiger charge is -2.12. The number of halogens is 2. The lowest BCUT2D eigenvalue weighted by Crippen LogP contribution is -2.16. The van der Waals surface area contributed by atoms with E-state index in [0.29, 0.717) is 15.8 Å². The van der Waals surface area contributed by atoms with Crippen LogP contribution in [0.1, 0.15) is 5.56 Å². The summed E-state index contributed by atoms with van der Waals surface area (Å²) in [5, 5.41) is 1.19. The summed E-state index contributed by atoms with van der Waals surface area (Å²) in [4.78, 5) is 0. The van der Waals surface area contributed by atoms with Crippen LogP contribution in [-0.4, -0.2) is 17.1 Å². The molecule has 0 unspecified atom stereocenters. The summed E-state index contributed by atoms with van der Waals surface area (Å²) in [7, 11) is -2.58. The topological polar surface area (TPSA) is 9.23 Å². The van der Waals surface area contributed by atoms with Gasteiger partial charge in [-0.05, 0) is 19.2 Å². The highest BCUT2D eigenvalue weighted by Crippen LogP contribution is 2.31. The Balaban J connectivity index is 3.10. The summed E-state index contributed by atoms with van der Waals surface area (Å²) in [6.07, 6.45) is 0. The van der Waals surface area contributed by atoms with Crippen LogP contribution in [0.4, 0.5) is 0 Å². The van der Waals surface area contributed by atoms with Gasteiger partial charge in [-0.1, -0.05) is 48.8 Å². The first-order valence-corrected chi connectivity index (χ1v) is 12.9. The van der Waals surface area contributed by atoms with Gasteiger partial charge in [0.25, 0.3) is 0 Å². The molecule has 0 aliphatic rings. The third-order valence-corrected chi connectivity index (χ3v) is 4.16. The van der Waals surface area contributed by atoms with Gasteiger partial charge in [0.05, 0.1) is 10.0 Å². The monoisotopic (exact) mass is 316 g/mol. The van der Waals surface area contributed by atoms with Crippen LogP contribution in [0.15, 0.2) is 12.1 Å². The molecule has 1 rings (SSSR count). The molecule has 0 amide bonds. The summed E-state index contributed by atoms with van der Waals surface area (Å²) in [6, 6.07) is 3.56. The predicted molar refractivity (Wildman–Crippen MR) is 86.2 cm³/mol. The van der Waals surface area contributed by atoms with Gasteiger partial charge in [0.15, 0.2) is 0 Å². The van der Waals surface area contributed by atoms with Crippen molar-refractivity contribution in [2.45, 2.75) is 32.7 Å². The Hall–Kier alpha value is -0.406. The highest BCUT2D eigenvalue weighted by Gasteiger charge is 2.11. The van der Waals surface area contributed by atoms with Crippen molar-refractivity contribution < 1.29 is 4.43 Å². The van der Waals surface area contributed by atoms with Crippen LogP contribution in [0.25, 0.3) is 0 Å². The van der Waals surface area contributed by atoms with Crippen LogP contribution in [0, 0.1) is 11.5 Å². The quantitative estimate of drug-likeness (QED) is 0.573. The number of hydrogen-bond donors (Lipinski definition) is 0. The number of benzene rings is 1. The SMILES string of the molecule is C[SiH](C)Oc1cc(Cl)c(C#C[Si](C)(C)C)cc1Cl. The van der Waals surface area contributed by atoms with Crippen molar-refractivity contribution in [2.24, 2.45) is 0 Å². The van der Waals surface area contributed by atoms with Gasteiger partial charge in [0, 0.05) is 11.6 Å². The molecule has 0 fully saturated rings. The van der Waals surface area contributed by atoms with Gasteiger partial charge in [0.2, 0.25) is 9.04 Å². The fourth-order valence-corrected chi connectivity index (χ4v) is 2.92. The van der Waals surface area contributed by atoms with E-state index in [2.05, 4.69) is 44.2 Å². The van der Waals surface area contributed by atoms with E-state index < -0.39 is 17.1 Å². The largest absolute Gasteiger partial charge is 0.546 e. The maximum absolute atomic E-state index is 6.20. The lowest BCUT2D eigenvalue weighted by atomic mass is 10.2. The molecule has 5 heteroatoms. The zero-order valence-corrected chi connectivity index (χ0v) is 15.1. The molecule has 98 valence electrons. The molecular weight excluding hydrogens is 299 g/mol. The predicted octanol–water partition coefficient (Wildman–Crippen LogP) is 4.58. The van der Waals surface area contributed by atoms with Crippen molar-refractivity contribution in [3.63, 3.8) is 0 Å². The zero-order chi connectivity index (χ0) is 13.9. The minimum atomic E-state index is -1.41. The molecule has 0 aliphatic heterocycles. The smallest absolute Gasteiger partial charge is 0.229 e. The van der Waals surface area contributed by atoms with Gasteiger partial charge in [0.1, 0.15) is 13.8 Å². The molecular formula is C13H18Cl2OSi2. The fourth-order valence-electron chi connectivity index (χ4n) is 1.22. The molecule has 0 heterocycles. The van der Waals surface area contributed by atoms with Crippen LogP contribution in [0.3, 0.4) is 0 Å². The van der Waals surface area contributed by atoms with Gasteiger partial charge in [-0.3, -0.25) is 0 Å². The molecule has 0 saturated carbocycles. The van der Waals surface area contributed by atoms with Crippen molar-refractivity contribution in [1.29, 1.82) is 0 Å². The standard InChI is InChI=1S/C13H18Cl2OSi2/c1-17(2)16-13-9-11(14)10(8-12(13)15)6-7-18(3,4)5/h8-9,17H,1-5H3. The van der Waals surface area contributed by atoms with Crippen LogP contribution in [0.5, 0.6) is 5.75 Å². The molecule has 0 aromatic heterocycles. The van der Waals surface area contributed by atoms with Gasteiger partial charge in [-0.15, -0.1) is 5.54 Å². The van der Waals surface area contributed by atoms with Crippen LogP contribution >= 0.6 is 23.2 Å². The molecule has 0 spiro atoms. The second kappa shape index (κ2) is 6.16. The summed E-state index contributed by atoms with van der Waals surface area (Å²) < 4.78 is 5.71. The van der Waals surface area contributed by atoms with Gasteiger partial charge >= 0.3 is 0 Å². The maximum atomic E-state index is 6.20. The third-order valence-electron chi connectivity index (χ3n) is 1.96. The average Bonchev–Trinajstić information content (AvgIpc) is 2.19. The Kier molecular flexibility index (Phi) is 5.36. The van der Waals surface area contributed by atoms with Gasteiger partial charge in [-0.2, -0.15) is 0 Å². The summed E-state index contributed by atoms with van der Waals surface area (Å²) in [5.74, 6) is 3.79. The molecule has 0 saturated heterocycles. The molecule has 1 nitrogen and oxygen atoms in total. The average molecular weight is 317 g/mol. The first-order valence-electron chi connectivity index (χ1n) is 5.88. The van der Waals surface area contributed by atoms with E-state index in [9.17, 15) is 0 Å². The first-order chi connectivity index (χ1) is 8.19. The van der Waals surface area contributed by atoms with Crippen molar-refractivity contribution >= 4 is 40.3 Å². The van der Waals surface area contributed by atoms with Gasteiger partial charge < -0.3 is 4.43 Å². The first kappa shape index (κ1) is 15.7. The van der Waals surface area contributed by atoms with Crippen molar-refractivity contribution in [2.75, 3.05) is 0 Å². The van der Waals surface area contributed by atoms with Crippen molar-refractivity contribution in [1.82, 2.24) is 0 Å². The van der Waals surface area contributed by atoms with Crippen LogP contribution < -0.4 is 4.43 Å². The zero-order valence-electron chi connectivity index (χ0n) is 11.4. The van der Waals surface area contributed by atoms with E-state index in [4.69, 9.17) is 27.6 Å². The van der Waals surface area contributed by atoms with E-state index in [1.165, 1.54) is 0 Å². The highest BCUT2D eigenvalue weighted by atomic mass is 35.5. The minimum absolute atomic E-state index is 0.584. The highest BCUT2D eigenvalue weighted by molar-refractivity contribution is 6.83. The Morgan fingerprint density at radius 2 is 1.72 bits per heavy atom. The molecule has 0 aliphatic carbocycles. The molecule has 0 N–H and O–H groups in total. The van der Waals surface area contributed by atoms with Crippen molar-refractivity contribution in [3.8, 4) is 17.2 Å². The summed E-state index contributed by atoms with van der Waals surface area (Å²) >= 11 is 12.4. The Bertz CT molecular complexity index is 496. The molecule has 0 atom stereocenters. The second-order valence-corrected chi connectivity index (χ2v) is 13.3.